The quantitative estimate of drug-likeness (QED) is 0.602. The lowest BCUT2D eigenvalue weighted by Crippen LogP contribution is -1.96. The van der Waals surface area contributed by atoms with Crippen molar-refractivity contribution in [3.05, 3.63) is 41.5 Å². The highest BCUT2D eigenvalue weighted by Crippen LogP contribution is 2.49. The van der Waals surface area contributed by atoms with Crippen molar-refractivity contribution in [2.75, 3.05) is 27.8 Å². The summed E-state index contributed by atoms with van der Waals surface area (Å²) in [6.07, 6.45) is 3.10. The Morgan fingerprint density at radius 1 is 0.962 bits per heavy atom. The fraction of sp³-hybridized carbons (Fsp3) is 0.211. The molecular weight excluding hydrogens is 340 g/mol. The van der Waals surface area contributed by atoms with E-state index in [9.17, 15) is 4.79 Å². The molecule has 0 saturated heterocycles. The van der Waals surface area contributed by atoms with Gasteiger partial charge in [0, 0.05) is 11.1 Å². The molecular formula is C19H16O7. The van der Waals surface area contributed by atoms with Gasteiger partial charge < -0.3 is 28.4 Å². The van der Waals surface area contributed by atoms with E-state index >= 15 is 0 Å². The number of benzene rings is 2. The molecule has 0 radical (unpaired) electrons. The molecule has 2 aromatic rings. The molecule has 134 valence electrons. The number of methoxy groups -OCH3 is 2. The van der Waals surface area contributed by atoms with Gasteiger partial charge in [0.15, 0.2) is 28.8 Å². The number of hydrogen-bond donors (Lipinski definition) is 0. The summed E-state index contributed by atoms with van der Waals surface area (Å²) in [5.74, 6) is 2.95. The highest BCUT2D eigenvalue weighted by atomic mass is 16.7. The van der Waals surface area contributed by atoms with Crippen molar-refractivity contribution >= 4 is 11.9 Å². The third-order valence-corrected chi connectivity index (χ3v) is 4.09. The smallest absolute Gasteiger partial charge is 0.231 e. The topological polar surface area (TPSA) is 72.5 Å². The summed E-state index contributed by atoms with van der Waals surface area (Å²) in [4.78, 5) is 12.5. The van der Waals surface area contributed by atoms with Crippen LogP contribution in [0.1, 0.15) is 15.9 Å². The summed E-state index contributed by atoms with van der Waals surface area (Å²) in [6.45, 7) is 0.252. The van der Waals surface area contributed by atoms with E-state index in [-0.39, 0.29) is 19.4 Å². The first kappa shape index (κ1) is 16.1. The van der Waals surface area contributed by atoms with E-state index in [1.54, 1.807) is 30.3 Å². The second-order valence-corrected chi connectivity index (χ2v) is 5.53. The number of ether oxygens (including phenoxy) is 6. The molecule has 0 saturated carbocycles. The predicted molar refractivity (Wildman–Crippen MR) is 91.6 cm³/mol. The van der Waals surface area contributed by atoms with Crippen LogP contribution in [0.25, 0.3) is 6.08 Å². The standard InChI is InChI=1S/C19H16O7/c1-21-16-8-12(17(22-2)19-18(16)25-10-26-19)3-5-13(20)11-4-6-14-15(7-11)24-9-23-14/h3-8H,9-10H2,1-2H3. The molecule has 4 rings (SSSR count). The van der Waals surface area contributed by atoms with E-state index in [1.165, 1.54) is 20.3 Å². The minimum Gasteiger partial charge on any atom is -0.493 e. The first-order valence-corrected chi connectivity index (χ1v) is 7.88. The molecule has 0 amide bonds. The number of ketones is 1. The molecule has 0 aliphatic carbocycles. The van der Waals surface area contributed by atoms with Gasteiger partial charge in [0.2, 0.25) is 25.1 Å². The van der Waals surface area contributed by atoms with Gasteiger partial charge in [-0.25, -0.2) is 0 Å². The molecule has 2 aromatic carbocycles. The zero-order valence-electron chi connectivity index (χ0n) is 14.2. The third-order valence-electron chi connectivity index (χ3n) is 4.09. The Hall–Kier alpha value is -3.35. The van der Waals surface area contributed by atoms with Crippen molar-refractivity contribution in [2.45, 2.75) is 0 Å². The van der Waals surface area contributed by atoms with Crippen LogP contribution in [-0.4, -0.2) is 33.6 Å². The fourth-order valence-electron chi connectivity index (χ4n) is 2.83. The van der Waals surface area contributed by atoms with Crippen LogP contribution in [0.2, 0.25) is 0 Å². The molecule has 0 unspecified atom stereocenters. The van der Waals surface area contributed by atoms with Gasteiger partial charge in [-0.15, -0.1) is 0 Å². The Balaban J connectivity index is 1.65. The second kappa shape index (κ2) is 6.51. The fourth-order valence-corrected chi connectivity index (χ4v) is 2.83. The van der Waals surface area contributed by atoms with Crippen LogP contribution in [0.3, 0.4) is 0 Å². The highest BCUT2D eigenvalue weighted by Gasteiger charge is 2.26. The minimum absolute atomic E-state index is 0.0886. The molecule has 7 nitrogen and oxygen atoms in total. The van der Waals surface area contributed by atoms with Crippen LogP contribution in [0.4, 0.5) is 0 Å². The number of allylic oxidation sites excluding steroid dienone is 1. The van der Waals surface area contributed by atoms with Crippen molar-refractivity contribution < 1.29 is 33.2 Å². The van der Waals surface area contributed by atoms with Crippen molar-refractivity contribution in [1.82, 2.24) is 0 Å². The lowest BCUT2D eigenvalue weighted by atomic mass is 10.1. The monoisotopic (exact) mass is 356 g/mol. The molecule has 7 heteroatoms. The Bertz CT molecular complexity index is 901. The number of carbonyl (C=O) groups excluding carboxylic acids is 1. The van der Waals surface area contributed by atoms with Gasteiger partial charge in [0.25, 0.3) is 0 Å². The maximum atomic E-state index is 12.5. The predicted octanol–water partition coefficient (Wildman–Crippen LogP) is 3.06. The van der Waals surface area contributed by atoms with Crippen LogP contribution < -0.4 is 28.4 Å². The summed E-state index contributed by atoms with van der Waals surface area (Å²) < 4.78 is 32.2. The van der Waals surface area contributed by atoms with Crippen LogP contribution in [0.5, 0.6) is 34.5 Å². The van der Waals surface area contributed by atoms with E-state index in [2.05, 4.69) is 0 Å². The molecule has 2 aliphatic rings. The van der Waals surface area contributed by atoms with Gasteiger partial charge in [-0.1, -0.05) is 0 Å². The summed E-state index contributed by atoms with van der Waals surface area (Å²) in [6, 6.07) is 6.80. The number of carbonyl (C=O) groups is 1. The maximum absolute atomic E-state index is 12.5. The highest BCUT2D eigenvalue weighted by molar-refractivity contribution is 6.07. The van der Waals surface area contributed by atoms with Gasteiger partial charge in [0.05, 0.1) is 14.2 Å². The van der Waals surface area contributed by atoms with E-state index < -0.39 is 0 Å². The van der Waals surface area contributed by atoms with Crippen molar-refractivity contribution in [2.24, 2.45) is 0 Å². The molecule has 0 fully saturated rings. The van der Waals surface area contributed by atoms with Crippen LogP contribution in [-0.2, 0) is 0 Å². The maximum Gasteiger partial charge on any atom is 0.231 e. The Morgan fingerprint density at radius 3 is 2.54 bits per heavy atom. The molecule has 0 aromatic heterocycles. The van der Waals surface area contributed by atoms with Crippen molar-refractivity contribution in [1.29, 1.82) is 0 Å². The van der Waals surface area contributed by atoms with Gasteiger partial charge in [-0.2, -0.15) is 0 Å². The lowest BCUT2D eigenvalue weighted by molar-refractivity contribution is 0.104. The van der Waals surface area contributed by atoms with Crippen molar-refractivity contribution in [3.8, 4) is 34.5 Å². The van der Waals surface area contributed by atoms with Crippen molar-refractivity contribution in [3.63, 3.8) is 0 Å². The largest absolute Gasteiger partial charge is 0.493 e. The van der Waals surface area contributed by atoms with Gasteiger partial charge in [0.1, 0.15) is 0 Å². The Kier molecular flexibility index (Phi) is 4.04. The van der Waals surface area contributed by atoms with Crippen LogP contribution in [0, 0.1) is 0 Å². The molecule has 2 heterocycles. The van der Waals surface area contributed by atoms with Crippen LogP contribution in [0.15, 0.2) is 30.3 Å². The summed E-state index contributed by atoms with van der Waals surface area (Å²) >= 11 is 0. The average molecular weight is 356 g/mol. The summed E-state index contributed by atoms with van der Waals surface area (Å²) in [5.41, 5.74) is 1.14. The zero-order chi connectivity index (χ0) is 18.1. The SMILES string of the molecule is COc1cc(C=CC(=O)c2ccc3c(c2)OCO3)c(OC)c2c1OCO2. The molecule has 26 heavy (non-hydrogen) atoms. The first-order valence-electron chi connectivity index (χ1n) is 7.88. The summed E-state index contributed by atoms with van der Waals surface area (Å²) in [5, 5.41) is 0. The van der Waals surface area contributed by atoms with E-state index in [4.69, 9.17) is 28.4 Å². The molecule has 2 aliphatic heterocycles. The van der Waals surface area contributed by atoms with E-state index in [0.717, 1.165) is 0 Å². The van der Waals surface area contributed by atoms with Gasteiger partial charge in [-0.05, 0) is 36.4 Å². The first-order chi connectivity index (χ1) is 12.7. The zero-order valence-corrected chi connectivity index (χ0v) is 14.2. The normalized spacial score (nSPS) is 13.9. The average Bonchev–Trinajstić information content (AvgIpc) is 3.33. The second-order valence-electron chi connectivity index (χ2n) is 5.53. The third kappa shape index (κ3) is 2.67. The molecule has 0 atom stereocenters. The van der Waals surface area contributed by atoms with Crippen LogP contribution >= 0.6 is 0 Å². The Morgan fingerprint density at radius 2 is 1.73 bits per heavy atom. The van der Waals surface area contributed by atoms with E-state index in [0.29, 0.717) is 45.6 Å². The molecule has 0 N–H and O–H groups in total. The number of rotatable bonds is 5. The minimum atomic E-state index is -0.179. The lowest BCUT2D eigenvalue weighted by Gasteiger charge is -2.11. The Labute approximate surface area is 149 Å². The molecule has 0 spiro atoms. The summed E-state index contributed by atoms with van der Waals surface area (Å²) in [7, 11) is 3.07. The van der Waals surface area contributed by atoms with E-state index in [1.807, 2.05) is 0 Å². The van der Waals surface area contributed by atoms with Gasteiger partial charge >= 0.3 is 0 Å². The number of fused-ring (bicyclic) bond motifs is 2. The molecule has 0 bridgehead atoms. The van der Waals surface area contributed by atoms with Gasteiger partial charge in [-0.3, -0.25) is 4.79 Å². The number of hydrogen-bond acceptors (Lipinski definition) is 7.